The first-order chi connectivity index (χ1) is 9.85. The maximum Gasteiger partial charge on any atom is 0.338 e. The van der Waals surface area contributed by atoms with E-state index in [0.717, 1.165) is 5.69 Å². The highest BCUT2D eigenvalue weighted by molar-refractivity contribution is 6.05. The molecule has 0 saturated heterocycles. The highest BCUT2D eigenvalue weighted by Gasteiger charge is 2.32. The van der Waals surface area contributed by atoms with Crippen molar-refractivity contribution in [3.8, 4) is 0 Å². The van der Waals surface area contributed by atoms with Gasteiger partial charge in [0.15, 0.2) is 0 Å². The van der Waals surface area contributed by atoms with E-state index in [1.165, 1.54) is 0 Å². The van der Waals surface area contributed by atoms with Crippen molar-refractivity contribution >= 4 is 36.0 Å². The zero-order chi connectivity index (χ0) is 15.6. The standard InChI is InChI=1S/C14H19N5O2.ClH/c1-4-21-11(20)9-5-7-10(8-6-9)19-13(16)17-12(15)18-14(19,2)3;/h5-8H,4H2,1-3H3,(H4,15,16,17,18);1H. The van der Waals surface area contributed by atoms with Gasteiger partial charge in [0.05, 0.1) is 12.2 Å². The van der Waals surface area contributed by atoms with Gasteiger partial charge in [-0.1, -0.05) is 0 Å². The summed E-state index contributed by atoms with van der Waals surface area (Å²) in [7, 11) is 0. The molecule has 1 aliphatic heterocycles. The van der Waals surface area contributed by atoms with Crippen molar-refractivity contribution < 1.29 is 9.53 Å². The van der Waals surface area contributed by atoms with Crippen LogP contribution < -0.4 is 16.4 Å². The zero-order valence-corrected chi connectivity index (χ0v) is 13.6. The Hall–Kier alpha value is -2.28. The molecule has 0 spiro atoms. The molecule has 8 heteroatoms. The highest BCUT2D eigenvalue weighted by atomic mass is 35.5. The van der Waals surface area contributed by atoms with E-state index in [1.54, 1.807) is 36.1 Å². The van der Waals surface area contributed by atoms with Gasteiger partial charge in [0.1, 0.15) is 5.66 Å². The van der Waals surface area contributed by atoms with E-state index in [9.17, 15) is 4.79 Å². The van der Waals surface area contributed by atoms with Crippen LogP contribution in [0.1, 0.15) is 31.1 Å². The molecule has 7 nitrogen and oxygen atoms in total. The Morgan fingerprint density at radius 2 is 1.86 bits per heavy atom. The molecule has 22 heavy (non-hydrogen) atoms. The molecule has 120 valence electrons. The number of aliphatic imine (C=N–C) groups is 2. The van der Waals surface area contributed by atoms with E-state index in [-0.39, 0.29) is 30.3 Å². The monoisotopic (exact) mass is 325 g/mol. The normalized spacial score (nSPS) is 16.2. The zero-order valence-electron chi connectivity index (χ0n) is 12.7. The first-order valence-electron chi connectivity index (χ1n) is 6.62. The first-order valence-corrected chi connectivity index (χ1v) is 6.62. The molecule has 0 bridgehead atoms. The molecule has 1 heterocycles. The fraction of sp³-hybridized carbons (Fsp3) is 0.357. The number of carbonyl (C=O) groups excluding carboxylic acids is 1. The van der Waals surface area contributed by atoms with Crippen LogP contribution in [-0.2, 0) is 4.74 Å². The molecule has 0 radical (unpaired) electrons. The summed E-state index contributed by atoms with van der Waals surface area (Å²) in [5.41, 5.74) is 12.2. The van der Waals surface area contributed by atoms with Gasteiger partial charge in [0.25, 0.3) is 0 Å². The van der Waals surface area contributed by atoms with E-state index in [1.807, 2.05) is 13.8 Å². The summed E-state index contributed by atoms with van der Waals surface area (Å²) in [5, 5.41) is 0. The topological polar surface area (TPSA) is 106 Å². The Balaban J connectivity index is 0.00000242. The Bertz CT molecular complexity index is 610. The maximum atomic E-state index is 11.6. The minimum Gasteiger partial charge on any atom is -0.462 e. The molecule has 1 aromatic carbocycles. The van der Waals surface area contributed by atoms with Gasteiger partial charge < -0.3 is 16.2 Å². The van der Waals surface area contributed by atoms with Gasteiger partial charge in [-0.15, -0.1) is 12.4 Å². The third kappa shape index (κ3) is 3.48. The number of nitrogens with zero attached hydrogens (tertiary/aromatic N) is 3. The number of guanidine groups is 2. The van der Waals surface area contributed by atoms with Crippen LogP contribution in [0.2, 0.25) is 0 Å². The summed E-state index contributed by atoms with van der Waals surface area (Å²) >= 11 is 0. The summed E-state index contributed by atoms with van der Waals surface area (Å²) in [6, 6.07) is 6.90. The molecule has 0 fully saturated rings. The molecular weight excluding hydrogens is 306 g/mol. The van der Waals surface area contributed by atoms with E-state index in [0.29, 0.717) is 12.2 Å². The van der Waals surface area contributed by atoms with E-state index >= 15 is 0 Å². The lowest BCUT2D eigenvalue weighted by atomic mass is 10.1. The van der Waals surface area contributed by atoms with E-state index in [2.05, 4.69) is 9.98 Å². The van der Waals surface area contributed by atoms with Crippen LogP contribution in [-0.4, -0.2) is 30.2 Å². The number of halogens is 1. The van der Waals surface area contributed by atoms with Crippen molar-refractivity contribution in [2.24, 2.45) is 21.5 Å². The fourth-order valence-corrected chi connectivity index (χ4v) is 2.21. The number of nitrogens with two attached hydrogens (primary N) is 2. The van der Waals surface area contributed by atoms with Crippen LogP contribution in [0.25, 0.3) is 0 Å². The van der Waals surface area contributed by atoms with Crippen molar-refractivity contribution in [2.75, 3.05) is 11.5 Å². The van der Waals surface area contributed by atoms with Crippen LogP contribution in [0, 0.1) is 0 Å². The van der Waals surface area contributed by atoms with Gasteiger partial charge in [-0.25, -0.2) is 9.79 Å². The summed E-state index contributed by atoms with van der Waals surface area (Å²) < 4.78 is 4.95. The Kier molecular flexibility index (Phi) is 5.38. The highest BCUT2D eigenvalue weighted by Crippen LogP contribution is 2.27. The second-order valence-electron chi connectivity index (χ2n) is 5.04. The van der Waals surface area contributed by atoms with Crippen LogP contribution in [0.15, 0.2) is 34.3 Å². The number of ether oxygens (including phenoxy) is 1. The molecular formula is C14H20ClN5O2. The van der Waals surface area contributed by atoms with Crippen molar-refractivity contribution in [3.05, 3.63) is 29.8 Å². The van der Waals surface area contributed by atoms with Gasteiger partial charge in [0.2, 0.25) is 11.9 Å². The quantitative estimate of drug-likeness (QED) is 0.818. The second kappa shape index (κ2) is 6.65. The predicted molar refractivity (Wildman–Crippen MR) is 89.4 cm³/mol. The Morgan fingerprint density at radius 3 is 2.36 bits per heavy atom. The number of hydrogen-bond acceptors (Lipinski definition) is 7. The summed E-state index contributed by atoms with van der Waals surface area (Å²) in [5.74, 6) is 0.0548. The molecule has 0 amide bonds. The maximum absolute atomic E-state index is 11.6. The van der Waals surface area contributed by atoms with Crippen molar-refractivity contribution in [2.45, 2.75) is 26.4 Å². The van der Waals surface area contributed by atoms with Gasteiger partial charge in [0, 0.05) is 5.69 Å². The van der Waals surface area contributed by atoms with Crippen LogP contribution in [0.4, 0.5) is 5.69 Å². The first kappa shape index (κ1) is 17.8. The van der Waals surface area contributed by atoms with Crippen molar-refractivity contribution in [1.82, 2.24) is 0 Å². The smallest absolute Gasteiger partial charge is 0.338 e. The van der Waals surface area contributed by atoms with Crippen molar-refractivity contribution in [1.29, 1.82) is 0 Å². The fourth-order valence-electron chi connectivity index (χ4n) is 2.21. The number of anilines is 1. The molecule has 2 rings (SSSR count). The third-order valence-electron chi connectivity index (χ3n) is 3.03. The van der Waals surface area contributed by atoms with Crippen LogP contribution >= 0.6 is 12.4 Å². The molecule has 0 unspecified atom stereocenters. The number of carbonyl (C=O) groups is 1. The van der Waals surface area contributed by atoms with Gasteiger partial charge in [-0.2, -0.15) is 4.99 Å². The molecule has 0 atom stereocenters. The number of hydrogen-bond donors (Lipinski definition) is 2. The minimum atomic E-state index is -0.651. The summed E-state index contributed by atoms with van der Waals surface area (Å²) in [6.07, 6.45) is 0. The molecule has 0 aromatic heterocycles. The molecule has 1 aliphatic rings. The molecule has 0 aliphatic carbocycles. The third-order valence-corrected chi connectivity index (χ3v) is 3.03. The van der Waals surface area contributed by atoms with E-state index in [4.69, 9.17) is 16.2 Å². The summed E-state index contributed by atoms with van der Waals surface area (Å²) in [4.78, 5) is 21.6. The molecule has 1 aromatic rings. The lowest BCUT2D eigenvalue weighted by Gasteiger charge is -2.38. The SMILES string of the molecule is CCOC(=O)c1ccc(N2C(N)=NC(N)=NC2(C)C)cc1.Cl. The van der Waals surface area contributed by atoms with Gasteiger partial charge >= 0.3 is 5.97 Å². The number of benzene rings is 1. The van der Waals surface area contributed by atoms with Gasteiger partial charge in [-0.05, 0) is 45.0 Å². The summed E-state index contributed by atoms with van der Waals surface area (Å²) in [6.45, 7) is 5.86. The number of rotatable bonds is 3. The van der Waals surface area contributed by atoms with E-state index < -0.39 is 5.66 Å². The lowest BCUT2D eigenvalue weighted by molar-refractivity contribution is 0.0526. The molecule has 0 saturated carbocycles. The van der Waals surface area contributed by atoms with Crippen LogP contribution in [0.3, 0.4) is 0 Å². The average Bonchev–Trinajstić information content (AvgIpc) is 2.37. The largest absolute Gasteiger partial charge is 0.462 e. The van der Waals surface area contributed by atoms with Gasteiger partial charge in [-0.3, -0.25) is 4.90 Å². The minimum absolute atomic E-state index is 0. The van der Waals surface area contributed by atoms with Crippen molar-refractivity contribution in [3.63, 3.8) is 0 Å². The second-order valence-corrected chi connectivity index (χ2v) is 5.04. The Morgan fingerprint density at radius 1 is 1.27 bits per heavy atom. The number of esters is 1. The lowest BCUT2D eigenvalue weighted by Crippen LogP contribution is -2.54. The van der Waals surface area contributed by atoms with Crippen LogP contribution in [0.5, 0.6) is 0 Å². The molecule has 4 N–H and O–H groups in total. The predicted octanol–water partition coefficient (Wildman–Crippen LogP) is 1.47. The average molecular weight is 326 g/mol. The Labute approximate surface area is 135 Å².